The van der Waals surface area contributed by atoms with Gasteiger partial charge in [0.05, 0.1) is 5.69 Å². The van der Waals surface area contributed by atoms with Gasteiger partial charge in [0, 0.05) is 35.3 Å². The number of nitriles is 1. The maximum atomic E-state index is 11.1. The summed E-state index contributed by atoms with van der Waals surface area (Å²) in [4.78, 5) is 22.0. The van der Waals surface area contributed by atoms with Crippen molar-refractivity contribution in [2.45, 2.75) is 13.0 Å². The Labute approximate surface area is 142 Å². The molecule has 0 atom stereocenters. The average molecular weight is 345 g/mol. The van der Waals surface area contributed by atoms with E-state index in [-0.39, 0.29) is 13.0 Å². The van der Waals surface area contributed by atoms with E-state index in [1.54, 1.807) is 36.5 Å². The van der Waals surface area contributed by atoms with Crippen molar-refractivity contribution in [1.82, 2.24) is 9.78 Å². The van der Waals surface area contributed by atoms with Crippen molar-refractivity contribution in [3.05, 3.63) is 46.6 Å². The second kappa shape index (κ2) is 7.44. The minimum atomic E-state index is -1.33. The fourth-order valence-corrected chi connectivity index (χ4v) is 2.23. The predicted octanol–water partition coefficient (Wildman–Crippen LogP) is 2.07. The van der Waals surface area contributed by atoms with Crippen molar-refractivity contribution < 1.29 is 14.7 Å². The van der Waals surface area contributed by atoms with Gasteiger partial charge in [-0.15, -0.1) is 0 Å². The standard InChI is InChI=1S/C16H13ClN4O3/c17-13-3-1-2-10(7-13)15-12(6-11(8-18)16(23)24)9-21(20-15)5-4-14(19)22/h1-3,6-7,9H,4-5H2,(H2,19,22)(H,23,24)/b11-6-. The van der Waals surface area contributed by atoms with E-state index >= 15 is 0 Å². The first kappa shape index (κ1) is 17.2. The number of carbonyl (C=O) groups excluding carboxylic acids is 1. The zero-order valence-corrected chi connectivity index (χ0v) is 13.2. The van der Waals surface area contributed by atoms with Crippen molar-refractivity contribution in [3.8, 4) is 17.3 Å². The largest absolute Gasteiger partial charge is 0.477 e. The molecule has 2 aromatic rings. The Bertz CT molecular complexity index is 864. The molecular weight excluding hydrogens is 332 g/mol. The molecule has 0 aliphatic heterocycles. The summed E-state index contributed by atoms with van der Waals surface area (Å²) in [5, 5.41) is 22.8. The van der Waals surface area contributed by atoms with Gasteiger partial charge in [0.2, 0.25) is 5.91 Å². The molecule has 0 spiro atoms. The molecule has 1 aromatic heterocycles. The van der Waals surface area contributed by atoms with Gasteiger partial charge in [-0.3, -0.25) is 9.48 Å². The predicted molar refractivity (Wildman–Crippen MR) is 87.7 cm³/mol. The number of nitrogens with two attached hydrogens (primary N) is 1. The van der Waals surface area contributed by atoms with Crippen LogP contribution in [0.5, 0.6) is 0 Å². The van der Waals surface area contributed by atoms with Crippen LogP contribution in [0.3, 0.4) is 0 Å². The molecule has 7 nitrogen and oxygen atoms in total. The molecule has 0 saturated heterocycles. The molecule has 24 heavy (non-hydrogen) atoms. The molecule has 0 fully saturated rings. The molecule has 1 heterocycles. The molecular formula is C16H13ClN4O3. The molecule has 0 bridgehead atoms. The summed E-state index contributed by atoms with van der Waals surface area (Å²) in [5.74, 6) is -1.81. The lowest BCUT2D eigenvalue weighted by molar-refractivity contribution is -0.132. The topological polar surface area (TPSA) is 122 Å². The highest BCUT2D eigenvalue weighted by Gasteiger charge is 2.14. The maximum Gasteiger partial charge on any atom is 0.346 e. The molecule has 3 N–H and O–H groups in total. The van der Waals surface area contributed by atoms with E-state index in [0.717, 1.165) is 0 Å². The Morgan fingerprint density at radius 2 is 2.21 bits per heavy atom. The second-order valence-corrected chi connectivity index (χ2v) is 5.33. The number of nitrogens with zero attached hydrogens (tertiary/aromatic N) is 3. The number of benzene rings is 1. The monoisotopic (exact) mass is 344 g/mol. The first-order valence-corrected chi connectivity index (χ1v) is 7.25. The van der Waals surface area contributed by atoms with Crippen molar-refractivity contribution in [2.24, 2.45) is 5.73 Å². The normalized spacial score (nSPS) is 11.1. The summed E-state index contributed by atoms with van der Waals surface area (Å²) in [7, 11) is 0. The first-order chi connectivity index (χ1) is 11.4. The Morgan fingerprint density at radius 1 is 1.46 bits per heavy atom. The SMILES string of the molecule is N#C/C(=C/c1cn(CCC(N)=O)nc1-c1cccc(Cl)c1)C(=O)O. The Balaban J connectivity index is 2.52. The molecule has 122 valence electrons. The summed E-state index contributed by atoms with van der Waals surface area (Å²) in [6, 6.07) is 8.49. The summed E-state index contributed by atoms with van der Waals surface area (Å²) in [5.41, 5.74) is 6.25. The van der Waals surface area contributed by atoms with Gasteiger partial charge in [0.1, 0.15) is 11.6 Å². The van der Waals surface area contributed by atoms with E-state index in [4.69, 9.17) is 27.7 Å². The average Bonchev–Trinajstić information content (AvgIpc) is 2.93. The van der Waals surface area contributed by atoms with Crippen LogP contribution in [-0.2, 0) is 16.1 Å². The van der Waals surface area contributed by atoms with Gasteiger partial charge in [-0.25, -0.2) is 4.79 Å². The Kier molecular flexibility index (Phi) is 5.35. The zero-order chi connectivity index (χ0) is 17.7. The quantitative estimate of drug-likeness (QED) is 0.613. The number of hydrogen-bond acceptors (Lipinski definition) is 4. The van der Waals surface area contributed by atoms with Crippen molar-refractivity contribution in [3.63, 3.8) is 0 Å². The minimum absolute atomic E-state index is 0.0872. The Morgan fingerprint density at radius 3 is 2.79 bits per heavy atom. The molecule has 0 aliphatic rings. The van der Waals surface area contributed by atoms with Crippen molar-refractivity contribution in [2.75, 3.05) is 0 Å². The summed E-state index contributed by atoms with van der Waals surface area (Å²) >= 11 is 5.98. The number of carboxylic acid groups (broad SMARTS) is 1. The number of aliphatic carboxylic acids is 1. The van der Waals surface area contributed by atoms with Crippen LogP contribution in [0.25, 0.3) is 17.3 Å². The number of aryl methyl sites for hydroxylation is 1. The lowest BCUT2D eigenvalue weighted by Crippen LogP contribution is -2.14. The zero-order valence-electron chi connectivity index (χ0n) is 12.4. The van der Waals surface area contributed by atoms with Crippen molar-refractivity contribution in [1.29, 1.82) is 5.26 Å². The van der Waals surface area contributed by atoms with Gasteiger partial charge < -0.3 is 10.8 Å². The molecule has 0 radical (unpaired) electrons. The third kappa shape index (κ3) is 4.21. The lowest BCUT2D eigenvalue weighted by Gasteiger charge is -2.00. The number of halogens is 1. The van der Waals surface area contributed by atoms with Gasteiger partial charge in [-0.2, -0.15) is 10.4 Å². The number of carboxylic acids is 1. The smallest absolute Gasteiger partial charge is 0.346 e. The lowest BCUT2D eigenvalue weighted by atomic mass is 10.1. The second-order valence-electron chi connectivity index (χ2n) is 4.90. The van der Waals surface area contributed by atoms with Gasteiger partial charge in [0.25, 0.3) is 0 Å². The van der Waals surface area contributed by atoms with Gasteiger partial charge >= 0.3 is 5.97 Å². The number of hydrogen-bond donors (Lipinski definition) is 2. The number of primary amides is 1. The van der Waals surface area contributed by atoms with Crippen LogP contribution in [0.15, 0.2) is 36.0 Å². The molecule has 8 heteroatoms. The molecule has 1 amide bonds. The van der Waals surface area contributed by atoms with Crippen LogP contribution in [0, 0.1) is 11.3 Å². The molecule has 0 unspecified atom stereocenters. The molecule has 2 rings (SSSR count). The summed E-state index contributed by atoms with van der Waals surface area (Å²) < 4.78 is 1.48. The third-order valence-electron chi connectivity index (χ3n) is 3.13. The van der Waals surface area contributed by atoms with Crippen LogP contribution in [-0.4, -0.2) is 26.8 Å². The summed E-state index contributed by atoms with van der Waals surface area (Å²) in [6.07, 6.45) is 2.87. The van der Waals surface area contributed by atoms with E-state index < -0.39 is 17.4 Å². The van der Waals surface area contributed by atoms with E-state index in [1.165, 1.54) is 10.8 Å². The minimum Gasteiger partial charge on any atom is -0.477 e. The van der Waals surface area contributed by atoms with Crippen LogP contribution < -0.4 is 5.73 Å². The highest BCUT2D eigenvalue weighted by atomic mass is 35.5. The summed E-state index contributed by atoms with van der Waals surface area (Å²) in [6.45, 7) is 0.242. The number of amides is 1. The maximum absolute atomic E-state index is 11.1. The Hall–Kier alpha value is -3.11. The van der Waals surface area contributed by atoms with Crippen molar-refractivity contribution >= 4 is 29.6 Å². The highest BCUT2D eigenvalue weighted by Crippen LogP contribution is 2.26. The van der Waals surface area contributed by atoms with Crippen LogP contribution in [0.1, 0.15) is 12.0 Å². The molecule has 0 aliphatic carbocycles. The third-order valence-corrected chi connectivity index (χ3v) is 3.36. The number of rotatable bonds is 6. The van der Waals surface area contributed by atoms with Gasteiger partial charge in [-0.1, -0.05) is 23.7 Å². The highest BCUT2D eigenvalue weighted by molar-refractivity contribution is 6.30. The number of aromatic nitrogens is 2. The van der Waals surface area contributed by atoms with Crippen LogP contribution in [0.4, 0.5) is 0 Å². The van der Waals surface area contributed by atoms with E-state index in [2.05, 4.69) is 5.10 Å². The van der Waals surface area contributed by atoms with E-state index in [9.17, 15) is 9.59 Å². The fourth-order valence-electron chi connectivity index (χ4n) is 2.04. The van der Waals surface area contributed by atoms with Gasteiger partial charge in [-0.05, 0) is 18.2 Å². The van der Waals surface area contributed by atoms with Crippen LogP contribution in [0.2, 0.25) is 5.02 Å². The fraction of sp³-hybridized carbons (Fsp3) is 0.125. The van der Waals surface area contributed by atoms with Crippen LogP contribution >= 0.6 is 11.6 Å². The molecule has 0 saturated carbocycles. The van der Waals surface area contributed by atoms with E-state index in [0.29, 0.717) is 21.8 Å². The number of carbonyl (C=O) groups is 2. The van der Waals surface area contributed by atoms with Gasteiger partial charge in [0.15, 0.2) is 0 Å². The van der Waals surface area contributed by atoms with E-state index in [1.807, 2.05) is 0 Å². The molecule has 1 aromatic carbocycles. The first-order valence-electron chi connectivity index (χ1n) is 6.87.